The summed E-state index contributed by atoms with van der Waals surface area (Å²) in [4.78, 5) is 15.0. The van der Waals surface area contributed by atoms with Crippen molar-refractivity contribution >= 4 is 22.9 Å². The third-order valence-corrected chi connectivity index (χ3v) is 6.21. The number of aromatic nitrogens is 1. The van der Waals surface area contributed by atoms with Crippen LogP contribution in [-0.4, -0.2) is 16.1 Å². The SMILES string of the molecule is O=C(O)/C=C/c1ccc(COc2cccc(-c3c(-c4ccccc4)cnc4c(C(F)(F)F)cccc34)c2)cc1. The monoisotopic (exact) mass is 525 g/mol. The Morgan fingerprint density at radius 1 is 0.872 bits per heavy atom. The maximum absolute atomic E-state index is 13.8. The minimum absolute atomic E-state index is 0.108. The van der Waals surface area contributed by atoms with E-state index in [0.717, 1.165) is 28.8 Å². The van der Waals surface area contributed by atoms with Gasteiger partial charge in [-0.3, -0.25) is 4.98 Å². The van der Waals surface area contributed by atoms with Gasteiger partial charge < -0.3 is 9.84 Å². The molecule has 0 aliphatic rings. The largest absolute Gasteiger partial charge is 0.489 e. The van der Waals surface area contributed by atoms with Gasteiger partial charge in [0.05, 0.1) is 11.1 Å². The summed E-state index contributed by atoms with van der Waals surface area (Å²) in [6, 6.07) is 28.1. The Morgan fingerprint density at radius 3 is 2.31 bits per heavy atom. The molecule has 5 aromatic rings. The zero-order chi connectivity index (χ0) is 27.4. The van der Waals surface area contributed by atoms with Gasteiger partial charge in [-0.1, -0.05) is 78.9 Å². The molecule has 0 radical (unpaired) electrons. The number of carboxylic acid groups (broad SMARTS) is 1. The highest BCUT2D eigenvalue weighted by Crippen LogP contribution is 2.42. The lowest BCUT2D eigenvalue weighted by molar-refractivity contribution is -0.136. The van der Waals surface area contributed by atoms with E-state index < -0.39 is 17.7 Å². The first-order valence-corrected chi connectivity index (χ1v) is 12.1. The zero-order valence-corrected chi connectivity index (χ0v) is 20.5. The van der Waals surface area contributed by atoms with E-state index in [9.17, 15) is 18.0 Å². The second-order valence-corrected chi connectivity index (χ2v) is 8.84. The Labute approximate surface area is 222 Å². The van der Waals surface area contributed by atoms with E-state index in [1.54, 1.807) is 30.3 Å². The number of ether oxygens (including phenoxy) is 1. The van der Waals surface area contributed by atoms with Crippen molar-refractivity contribution in [2.45, 2.75) is 12.8 Å². The van der Waals surface area contributed by atoms with Gasteiger partial charge in [0.2, 0.25) is 0 Å². The van der Waals surface area contributed by atoms with Crippen molar-refractivity contribution in [1.29, 1.82) is 0 Å². The van der Waals surface area contributed by atoms with Gasteiger partial charge in [-0.2, -0.15) is 13.2 Å². The number of benzene rings is 4. The maximum atomic E-state index is 13.8. The average molecular weight is 526 g/mol. The van der Waals surface area contributed by atoms with Crippen LogP contribution in [0.5, 0.6) is 5.75 Å². The van der Waals surface area contributed by atoms with Gasteiger partial charge in [0.1, 0.15) is 12.4 Å². The number of alkyl halides is 3. The van der Waals surface area contributed by atoms with Gasteiger partial charge in [0.25, 0.3) is 0 Å². The molecule has 0 unspecified atom stereocenters. The summed E-state index contributed by atoms with van der Waals surface area (Å²) in [6.45, 7) is 0.257. The second-order valence-electron chi connectivity index (χ2n) is 8.84. The van der Waals surface area contributed by atoms with E-state index in [0.29, 0.717) is 27.8 Å². The standard InChI is InChI=1S/C32H22F3NO3/c33-32(34,35)28-11-5-10-26-30(27(19-36-31(26)28)23-6-2-1-3-7-23)24-8-4-9-25(18-24)39-20-22-14-12-21(13-15-22)16-17-29(37)38/h1-19H,20H2,(H,37,38)/b17-16+. The van der Waals surface area contributed by atoms with Gasteiger partial charge in [0.15, 0.2) is 0 Å². The number of fused-ring (bicyclic) bond motifs is 1. The van der Waals surface area contributed by atoms with Gasteiger partial charge in [-0.25, -0.2) is 4.79 Å². The first kappa shape index (κ1) is 25.7. The summed E-state index contributed by atoms with van der Waals surface area (Å²) in [5, 5.41) is 9.17. The summed E-state index contributed by atoms with van der Waals surface area (Å²) in [6.07, 6.45) is -0.469. The van der Waals surface area contributed by atoms with Crippen LogP contribution in [0.1, 0.15) is 16.7 Å². The molecule has 1 heterocycles. The lowest BCUT2D eigenvalue weighted by Gasteiger charge is -2.17. The number of hydrogen-bond acceptors (Lipinski definition) is 3. The molecular formula is C32H22F3NO3. The molecule has 0 atom stereocenters. The van der Waals surface area contributed by atoms with Crippen molar-refractivity contribution < 1.29 is 27.8 Å². The Balaban J connectivity index is 1.53. The van der Waals surface area contributed by atoms with E-state index in [1.165, 1.54) is 18.3 Å². The van der Waals surface area contributed by atoms with Gasteiger partial charge in [-0.05, 0) is 46.5 Å². The molecule has 1 N–H and O–H groups in total. The minimum Gasteiger partial charge on any atom is -0.489 e. The molecule has 0 bridgehead atoms. The maximum Gasteiger partial charge on any atom is 0.418 e. The van der Waals surface area contributed by atoms with Crippen molar-refractivity contribution in [3.63, 3.8) is 0 Å². The van der Waals surface area contributed by atoms with Crippen molar-refractivity contribution in [3.8, 4) is 28.0 Å². The predicted molar refractivity (Wildman–Crippen MR) is 145 cm³/mol. The number of aliphatic carboxylic acids is 1. The zero-order valence-electron chi connectivity index (χ0n) is 20.5. The lowest BCUT2D eigenvalue weighted by Crippen LogP contribution is -2.07. The molecule has 0 spiro atoms. The first-order valence-electron chi connectivity index (χ1n) is 12.1. The summed E-state index contributed by atoms with van der Waals surface area (Å²) in [5.74, 6) is -0.465. The number of carboxylic acids is 1. The lowest BCUT2D eigenvalue weighted by atomic mass is 9.91. The normalized spacial score (nSPS) is 11.7. The summed E-state index contributed by atoms with van der Waals surface area (Å²) in [5.41, 5.74) is 3.62. The van der Waals surface area contributed by atoms with Crippen molar-refractivity contribution in [1.82, 2.24) is 4.98 Å². The van der Waals surface area contributed by atoms with Crippen LogP contribution < -0.4 is 4.74 Å². The molecule has 39 heavy (non-hydrogen) atoms. The molecule has 0 saturated heterocycles. The minimum atomic E-state index is -4.54. The van der Waals surface area contributed by atoms with Gasteiger partial charge in [0, 0.05) is 28.8 Å². The number of rotatable bonds is 7. The Kier molecular flexibility index (Phi) is 7.14. The number of hydrogen-bond donors (Lipinski definition) is 1. The van der Waals surface area contributed by atoms with Crippen molar-refractivity contribution in [2.75, 3.05) is 0 Å². The topological polar surface area (TPSA) is 59.4 Å². The number of halogens is 3. The fourth-order valence-corrected chi connectivity index (χ4v) is 4.40. The van der Waals surface area contributed by atoms with E-state index in [4.69, 9.17) is 9.84 Å². The van der Waals surface area contributed by atoms with Crippen LogP contribution in [0.15, 0.2) is 109 Å². The van der Waals surface area contributed by atoms with Crippen LogP contribution in [0.4, 0.5) is 13.2 Å². The summed E-state index contributed by atoms with van der Waals surface area (Å²) >= 11 is 0. The summed E-state index contributed by atoms with van der Waals surface area (Å²) < 4.78 is 47.5. The smallest absolute Gasteiger partial charge is 0.418 e. The van der Waals surface area contributed by atoms with E-state index >= 15 is 0 Å². The quantitative estimate of drug-likeness (QED) is 0.217. The summed E-state index contributed by atoms with van der Waals surface area (Å²) in [7, 11) is 0. The second kappa shape index (κ2) is 10.8. The van der Waals surface area contributed by atoms with Crippen molar-refractivity contribution in [2.24, 2.45) is 0 Å². The van der Waals surface area contributed by atoms with Crippen LogP contribution in [0, 0.1) is 0 Å². The van der Waals surface area contributed by atoms with Crippen LogP contribution in [0.3, 0.4) is 0 Å². The fourth-order valence-electron chi connectivity index (χ4n) is 4.40. The molecule has 0 fully saturated rings. The molecule has 5 rings (SSSR count). The molecule has 194 valence electrons. The Morgan fingerprint density at radius 2 is 1.59 bits per heavy atom. The molecule has 0 saturated carbocycles. The Bertz CT molecular complexity index is 1660. The molecule has 4 aromatic carbocycles. The number of nitrogens with zero attached hydrogens (tertiary/aromatic N) is 1. The van der Waals surface area contributed by atoms with E-state index in [-0.39, 0.29) is 12.1 Å². The highest BCUT2D eigenvalue weighted by molar-refractivity contribution is 6.03. The van der Waals surface area contributed by atoms with Crippen molar-refractivity contribution in [3.05, 3.63) is 126 Å². The third kappa shape index (κ3) is 5.83. The third-order valence-electron chi connectivity index (χ3n) is 6.21. The number of para-hydroxylation sites is 1. The number of pyridine rings is 1. The molecule has 0 aliphatic heterocycles. The number of carbonyl (C=O) groups is 1. The van der Waals surface area contributed by atoms with E-state index in [1.807, 2.05) is 54.6 Å². The molecule has 0 amide bonds. The molecular weight excluding hydrogens is 503 g/mol. The average Bonchev–Trinajstić information content (AvgIpc) is 2.94. The molecule has 0 aliphatic carbocycles. The first-order chi connectivity index (χ1) is 18.8. The van der Waals surface area contributed by atoms with Crippen LogP contribution in [0.25, 0.3) is 39.2 Å². The van der Waals surface area contributed by atoms with Gasteiger partial charge >= 0.3 is 12.1 Å². The fraction of sp³-hybridized carbons (Fsp3) is 0.0625. The molecule has 7 heteroatoms. The highest BCUT2D eigenvalue weighted by atomic mass is 19.4. The van der Waals surface area contributed by atoms with Crippen LogP contribution in [0.2, 0.25) is 0 Å². The van der Waals surface area contributed by atoms with Crippen LogP contribution >= 0.6 is 0 Å². The van der Waals surface area contributed by atoms with E-state index in [2.05, 4.69) is 4.98 Å². The highest BCUT2D eigenvalue weighted by Gasteiger charge is 2.33. The molecule has 1 aromatic heterocycles. The van der Waals surface area contributed by atoms with Crippen LogP contribution in [-0.2, 0) is 17.6 Å². The predicted octanol–water partition coefficient (Wildman–Crippen LogP) is 8.26. The molecule has 4 nitrogen and oxygen atoms in total. The Hall–Kier alpha value is -4.91. The van der Waals surface area contributed by atoms with Gasteiger partial charge in [-0.15, -0.1) is 0 Å².